The molecule has 0 saturated heterocycles. The van der Waals surface area contributed by atoms with Crippen molar-refractivity contribution in [2.75, 3.05) is 19.5 Å². The van der Waals surface area contributed by atoms with Gasteiger partial charge in [-0.25, -0.2) is 31.7 Å². The number of hydrogen-bond acceptors (Lipinski definition) is 9. The number of sulfonamides is 1. The van der Waals surface area contributed by atoms with Gasteiger partial charge < -0.3 is 14.5 Å². The van der Waals surface area contributed by atoms with Crippen LogP contribution in [0, 0.1) is 17.6 Å². The number of amidine groups is 1. The fourth-order valence-electron chi connectivity index (χ4n) is 5.25. The summed E-state index contributed by atoms with van der Waals surface area (Å²) in [4.78, 5) is 22.2. The maximum Gasteiger partial charge on any atom is 0.338 e. The molecule has 1 saturated carbocycles. The molecule has 1 aromatic carbocycles. The van der Waals surface area contributed by atoms with Crippen molar-refractivity contribution in [3.63, 3.8) is 0 Å². The fourth-order valence-corrected chi connectivity index (χ4v) is 8.54. The molecule has 15 heteroatoms. The number of aliphatic imine (C=N–C) groups is 1. The van der Waals surface area contributed by atoms with Gasteiger partial charge in [0.2, 0.25) is 10.0 Å². The van der Waals surface area contributed by atoms with E-state index in [0.717, 1.165) is 6.07 Å². The maximum atomic E-state index is 14.6. The van der Waals surface area contributed by atoms with Gasteiger partial charge in [0.15, 0.2) is 30.8 Å². The zero-order valence-electron chi connectivity index (χ0n) is 26.4. The summed E-state index contributed by atoms with van der Waals surface area (Å²) in [6.45, 7) is 11.1. The van der Waals surface area contributed by atoms with Gasteiger partial charge >= 0.3 is 5.97 Å². The second-order valence-corrected chi connectivity index (χ2v) is 20.8. The molecule has 2 N–H and O–H groups in total. The molecule has 2 aromatic rings. The number of carbonyl (C=O) groups is 1. The second-order valence-electron chi connectivity index (χ2n) is 12.9. The number of rotatable bonds is 11. The normalized spacial score (nSPS) is 21.4. The summed E-state index contributed by atoms with van der Waals surface area (Å²) in [5, 5.41) is 5.16. The summed E-state index contributed by atoms with van der Waals surface area (Å²) < 4.78 is 68.5. The van der Waals surface area contributed by atoms with E-state index >= 15 is 0 Å². The summed E-state index contributed by atoms with van der Waals surface area (Å²) in [7, 11) is -4.24. The van der Waals surface area contributed by atoms with Crippen molar-refractivity contribution in [2.45, 2.75) is 83.1 Å². The molecule has 4 rings (SSSR count). The number of halogens is 3. The monoisotopic (exact) mass is 702 g/mol. The Morgan fingerprint density at radius 2 is 1.89 bits per heavy atom. The van der Waals surface area contributed by atoms with Crippen LogP contribution in [0.1, 0.15) is 69.5 Å². The molecule has 1 fully saturated rings. The highest BCUT2D eigenvalue weighted by Crippen LogP contribution is 2.42. The molecule has 0 amide bonds. The van der Waals surface area contributed by atoms with E-state index in [2.05, 4.69) is 53.9 Å². The molecule has 1 unspecified atom stereocenters. The van der Waals surface area contributed by atoms with Crippen LogP contribution in [-0.4, -0.2) is 59.0 Å². The van der Waals surface area contributed by atoms with Crippen molar-refractivity contribution in [3.05, 3.63) is 62.2 Å². The number of nitrogens with one attached hydrogen (secondary N) is 2. The van der Waals surface area contributed by atoms with Crippen molar-refractivity contribution in [1.29, 1.82) is 0 Å². The molecule has 248 valence electrons. The molecule has 0 radical (unpaired) electrons. The lowest BCUT2D eigenvalue weighted by Gasteiger charge is -2.36. The van der Waals surface area contributed by atoms with E-state index < -0.39 is 47.0 Å². The van der Waals surface area contributed by atoms with Gasteiger partial charge in [-0.3, -0.25) is 4.99 Å². The lowest BCUT2D eigenvalue weighted by atomic mass is 9.80. The third kappa shape index (κ3) is 8.38. The molecule has 1 aliphatic heterocycles. The highest BCUT2D eigenvalue weighted by molar-refractivity contribution is 7.89. The molecule has 2 aliphatic rings. The van der Waals surface area contributed by atoms with Gasteiger partial charge in [0.1, 0.15) is 6.04 Å². The standard InChI is InChI=1S/C30H41ClF2N4O5S2Si/c1-30(2,3)45(5,6)42-15-7-17-44(39,40)37-19-10-8-18(9-11-19)25-22(29(38)41-4)26(20-12-13-21(32)24(33)23(20)31)36-27(35-25)28-34-14-16-43-28/h12-14,16,18-19,26,37H,7-11,15,17H2,1-6H3,(H,35,36). The van der Waals surface area contributed by atoms with E-state index in [1.807, 2.05) is 0 Å². The number of thiazole rings is 1. The number of allylic oxidation sites excluding steroid dienone is 1. The quantitative estimate of drug-likeness (QED) is 0.119. The minimum atomic E-state index is -3.52. The van der Waals surface area contributed by atoms with E-state index in [9.17, 15) is 22.0 Å². The predicted octanol–water partition coefficient (Wildman–Crippen LogP) is 6.48. The molecule has 9 nitrogen and oxygen atoms in total. The minimum Gasteiger partial charge on any atom is -0.466 e. The van der Waals surface area contributed by atoms with E-state index in [1.54, 1.807) is 11.6 Å². The van der Waals surface area contributed by atoms with Crippen molar-refractivity contribution in [1.82, 2.24) is 15.0 Å². The van der Waals surface area contributed by atoms with Gasteiger partial charge in [0.05, 0.1) is 23.5 Å². The van der Waals surface area contributed by atoms with Crippen LogP contribution < -0.4 is 10.0 Å². The first-order valence-corrected chi connectivity index (χ1v) is 20.7. The van der Waals surface area contributed by atoms with E-state index in [1.165, 1.54) is 24.5 Å². The number of methoxy groups -OCH3 is 1. The summed E-state index contributed by atoms with van der Waals surface area (Å²) in [5.74, 6) is -2.90. The van der Waals surface area contributed by atoms with Crippen LogP contribution in [0.3, 0.4) is 0 Å². The van der Waals surface area contributed by atoms with Crippen LogP contribution in [0.15, 0.2) is 40.0 Å². The van der Waals surface area contributed by atoms with Crippen molar-refractivity contribution in [3.8, 4) is 0 Å². The number of nitrogens with zero attached hydrogens (tertiary/aromatic N) is 2. The van der Waals surface area contributed by atoms with E-state index in [0.29, 0.717) is 55.3 Å². The summed E-state index contributed by atoms with van der Waals surface area (Å²) >= 11 is 7.58. The Labute approximate surface area is 274 Å². The molecule has 0 bridgehead atoms. The Morgan fingerprint density at radius 1 is 1.20 bits per heavy atom. The molecule has 1 atom stereocenters. The molecular weight excluding hydrogens is 662 g/mol. The Hall–Kier alpha value is -2.23. The number of aromatic nitrogens is 1. The first kappa shape index (κ1) is 35.6. The zero-order chi connectivity index (χ0) is 33.2. The first-order chi connectivity index (χ1) is 21.0. The maximum absolute atomic E-state index is 14.6. The van der Waals surface area contributed by atoms with Gasteiger partial charge in [-0.05, 0) is 62.2 Å². The third-order valence-electron chi connectivity index (χ3n) is 8.78. The van der Waals surface area contributed by atoms with E-state index in [4.69, 9.17) is 20.8 Å². The average Bonchev–Trinajstić information content (AvgIpc) is 3.52. The second kappa shape index (κ2) is 14.3. The van der Waals surface area contributed by atoms with Crippen LogP contribution in [0.4, 0.5) is 8.78 Å². The molecule has 0 spiro atoms. The van der Waals surface area contributed by atoms with Gasteiger partial charge in [0, 0.05) is 35.5 Å². The Bertz CT molecular complexity index is 1550. The summed E-state index contributed by atoms with van der Waals surface area (Å²) in [6, 6.07) is 0.910. The Kier molecular flexibility index (Phi) is 11.3. The smallest absolute Gasteiger partial charge is 0.338 e. The number of hydrogen-bond donors (Lipinski definition) is 2. The highest BCUT2D eigenvalue weighted by atomic mass is 35.5. The molecular formula is C30H41ClF2N4O5S2Si. The Morgan fingerprint density at radius 3 is 2.49 bits per heavy atom. The first-order valence-electron chi connectivity index (χ1n) is 14.9. The van der Waals surface area contributed by atoms with Gasteiger partial charge in [-0.1, -0.05) is 38.4 Å². The number of esters is 1. The third-order valence-corrected chi connectivity index (χ3v) is 16.0. The minimum absolute atomic E-state index is 0.0228. The topological polar surface area (TPSA) is 119 Å². The van der Waals surface area contributed by atoms with Gasteiger partial charge in [-0.2, -0.15) is 0 Å². The zero-order valence-corrected chi connectivity index (χ0v) is 29.8. The van der Waals surface area contributed by atoms with Crippen molar-refractivity contribution >= 4 is 53.1 Å². The van der Waals surface area contributed by atoms with Crippen molar-refractivity contribution < 1.29 is 31.2 Å². The molecule has 1 aliphatic carbocycles. The number of carbonyl (C=O) groups excluding carboxylic acids is 1. The lowest BCUT2D eigenvalue weighted by molar-refractivity contribution is -0.136. The van der Waals surface area contributed by atoms with Crippen molar-refractivity contribution in [2.24, 2.45) is 10.9 Å². The summed E-state index contributed by atoms with van der Waals surface area (Å²) in [5.41, 5.74) is 0.774. The molecule has 2 heterocycles. The predicted molar refractivity (Wildman–Crippen MR) is 175 cm³/mol. The SMILES string of the molecule is COC(=O)C1=C(C2CCC(NS(=O)(=O)CCCO[Si](C)(C)C(C)(C)C)CC2)NC(c2nccs2)=NC1c1ccc(F)c(F)c1Cl. The van der Waals surface area contributed by atoms with Crippen LogP contribution in [-0.2, 0) is 24.0 Å². The van der Waals surface area contributed by atoms with Crippen LogP contribution in [0.2, 0.25) is 23.2 Å². The lowest BCUT2D eigenvalue weighted by Crippen LogP contribution is -2.43. The highest BCUT2D eigenvalue weighted by Gasteiger charge is 2.39. The average molecular weight is 703 g/mol. The number of ether oxygens (including phenoxy) is 1. The van der Waals surface area contributed by atoms with Gasteiger partial charge in [0.25, 0.3) is 0 Å². The largest absolute Gasteiger partial charge is 0.466 e. The van der Waals surface area contributed by atoms with Crippen LogP contribution >= 0.6 is 22.9 Å². The molecule has 1 aromatic heterocycles. The van der Waals surface area contributed by atoms with Gasteiger partial charge in [-0.15, -0.1) is 11.3 Å². The van der Waals surface area contributed by atoms with E-state index in [-0.39, 0.29) is 33.9 Å². The fraction of sp³-hybridized carbons (Fsp3) is 0.567. The van der Waals surface area contributed by atoms with Crippen LogP contribution in [0.25, 0.3) is 0 Å². The molecule has 45 heavy (non-hydrogen) atoms. The number of benzene rings is 1. The van der Waals surface area contributed by atoms with Crippen LogP contribution in [0.5, 0.6) is 0 Å². The Balaban J connectivity index is 1.51. The summed E-state index contributed by atoms with van der Waals surface area (Å²) in [6.07, 6.45) is 4.18.